The van der Waals surface area contributed by atoms with Crippen molar-refractivity contribution in [2.45, 2.75) is 6.54 Å². The van der Waals surface area contributed by atoms with E-state index in [0.29, 0.717) is 38.9 Å². The van der Waals surface area contributed by atoms with Gasteiger partial charge in [0.2, 0.25) is 0 Å². The van der Waals surface area contributed by atoms with Gasteiger partial charge in [-0.2, -0.15) is 5.10 Å². The molecule has 0 fully saturated rings. The Morgan fingerprint density at radius 1 is 1.12 bits per heavy atom. The smallest absolute Gasteiger partial charge is 0.276 e. The van der Waals surface area contributed by atoms with Crippen molar-refractivity contribution in [3.05, 3.63) is 75.3 Å². The number of rotatable bonds is 7. The molecular formula is C22H18Cl2N4O3S. The normalized spacial score (nSPS) is 10.8. The summed E-state index contributed by atoms with van der Waals surface area (Å²) in [6.45, 7) is 0.353. The third kappa shape index (κ3) is 4.43. The number of nitrogens with one attached hydrogen (secondary N) is 1. The van der Waals surface area contributed by atoms with Gasteiger partial charge in [-0.25, -0.2) is 9.67 Å². The molecule has 0 atom stereocenters. The lowest BCUT2D eigenvalue weighted by molar-refractivity contribution is 0.102. The quantitative estimate of drug-likeness (QED) is 0.364. The molecule has 1 N–H and O–H groups in total. The zero-order valence-electron chi connectivity index (χ0n) is 17.1. The van der Waals surface area contributed by atoms with Crippen molar-refractivity contribution >= 4 is 46.3 Å². The molecule has 0 aliphatic carbocycles. The SMILES string of the molecule is COc1cccc(-c2nc(C(=O)Nc3ccnn3Cc3cccc(Cl)c3Cl)cs2)c1OC. The maximum atomic E-state index is 12.8. The van der Waals surface area contributed by atoms with E-state index in [1.165, 1.54) is 11.3 Å². The standard InChI is InChI=1S/C22H18Cl2N4O3S/c1-30-17-8-4-6-14(20(17)31-2)22-26-16(12-32-22)21(29)27-18-9-10-25-28(18)11-13-5-3-7-15(23)19(13)24/h3-10,12H,11H2,1-2H3,(H,27,29). The zero-order chi connectivity index (χ0) is 22.7. The summed E-state index contributed by atoms with van der Waals surface area (Å²) >= 11 is 13.7. The van der Waals surface area contributed by atoms with Crippen LogP contribution in [0.25, 0.3) is 10.6 Å². The van der Waals surface area contributed by atoms with Gasteiger partial charge in [0.1, 0.15) is 16.5 Å². The number of ether oxygens (including phenoxy) is 2. The molecule has 10 heteroatoms. The van der Waals surface area contributed by atoms with E-state index in [2.05, 4.69) is 15.4 Å². The van der Waals surface area contributed by atoms with Gasteiger partial charge in [0.25, 0.3) is 5.91 Å². The van der Waals surface area contributed by atoms with Crippen LogP contribution in [-0.2, 0) is 6.54 Å². The maximum absolute atomic E-state index is 12.8. The molecule has 7 nitrogen and oxygen atoms in total. The van der Waals surface area contributed by atoms with Crippen LogP contribution in [0.3, 0.4) is 0 Å². The first-order valence-electron chi connectivity index (χ1n) is 9.44. The largest absolute Gasteiger partial charge is 0.493 e. The maximum Gasteiger partial charge on any atom is 0.276 e. The molecule has 2 aromatic carbocycles. The summed E-state index contributed by atoms with van der Waals surface area (Å²) in [5.41, 5.74) is 1.82. The lowest BCUT2D eigenvalue weighted by atomic mass is 10.2. The highest BCUT2D eigenvalue weighted by Crippen LogP contribution is 2.39. The van der Waals surface area contributed by atoms with Crippen molar-refractivity contribution in [2.24, 2.45) is 0 Å². The summed E-state index contributed by atoms with van der Waals surface area (Å²) in [6.07, 6.45) is 1.60. The van der Waals surface area contributed by atoms with Gasteiger partial charge < -0.3 is 14.8 Å². The number of carbonyl (C=O) groups is 1. The summed E-state index contributed by atoms with van der Waals surface area (Å²) in [4.78, 5) is 17.3. The van der Waals surface area contributed by atoms with Crippen LogP contribution in [0.5, 0.6) is 11.5 Å². The van der Waals surface area contributed by atoms with Crippen LogP contribution < -0.4 is 14.8 Å². The minimum Gasteiger partial charge on any atom is -0.493 e. The minimum atomic E-state index is -0.353. The van der Waals surface area contributed by atoms with Crippen LogP contribution in [0.1, 0.15) is 16.1 Å². The van der Waals surface area contributed by atoms with Gasteiger partial charge in [-0.15, -0.1) is 11.3 Å². The van der Waals surface area contributed by atoms with Gasteiger partial charge in [0.05, 0.1) is 42.6 Å². The van der Waals surface area contributed by atoms with Gasteiger partial charge >= 0.3 is 0 Å². The topological polar surface area (TPSA) is 78.3 Å². The summed E-state index contributed by atoms with van der Waals surface area (Å²) < 4.78 is 12.5. The summed E-state index contributed by atoms with van der Waals surface area (Å²) in [7, 11) is 3.14. The highest BCUT2D eigenvalue weighted by Gasteiger charge is 2.18. The fourth-order valence-corrected chi connectivity index (χ4v) is 4.34. The average Bonchev–Trinajstić information content (AvgIpc) is 3.46. The van der Waals surface area contributed by atoms with E-state index < -0.39 is 0 Å². The summed E-state index contributed by atoms with van der Waals surface area (Å²) in [5, 5.41) is 10.4. The lowest BCUT2D eigenvalue weighted by Gasteiger charge is -2.11. The Morgan fingerprint density at radius 2 is 1.94 bits per heavy atom. The number of carbonyl (C=O) groups excluding carboxylic acids is 1. The molecule has 4 rings (SSSR count). The lowest BCUT2D eigenvalue weighted by Crippen LogP contribution is -2.16. The van der Waals surface area contributed by atoms with Gasteiger partial charge in [0.15, 0.2) is 11.5 Å². The van der Waals surface area contributed by atoms with Gasteiger partial charge in [-0.05, 0) is 23.8 Å². The molecule has 0 unspecified atom stereocenters. The van der Waals surface area contributed by atoms with Crippen molar-refractivity contribution in [1.82, 2.24) is 14.8 Å². The van der Waals surface area contributed by atoms with Crippen LogP contribution in [-0.4, -0.2) is 34.9 Å². The Morgan fingerprint density at radius 3 is 2.72 bits per heavy atom. The zero-order valence-corrected chi connectivity index (χ0v) is 19.5. The van der Waals surface area contributed by atoms with Crippen molar-refractivity contribution in [2.75, 3.05) is 19.5 Å². The second-order valence-electron chi connectivity index (χ2n) is 6.62. The number of hydrogen-bond acceptors (Lipinski definition) is 6. The molecule has 0 bridgehead atoms. The molecule has 32 heavy (non-hydrogen) atoms. The van der Waals surface area contributed by atoms with Gasteiger partial charge in [-0.3, -0.25) is 4.79 Å². The van der Waals surface area contributed by atoms with E-state index in [4.69, 9.17) is 32.7 Å². The van der Waals surface area contributed by atoms with E-state index in [1.54, 1.807) is 48.7 Å². The number of halogens is 2. The molecule has 0 spiro atoms. The fourth-order valence-electron chi connectivity index (χ4n) is 3.13. The molecule has 0 radical (unpaired) electrons. The second kappa shape index (κ2) is 9.60. The van der Waals surface area contributed by atoms with E-state index in [1.807, 2.05) is 24.3 Å². The molecule has 2 aromatic heterocycles. The molecule has 4 aromatic rings. The molecule has 0 saturated heterocycles. The van der Waals surface area contributed by atoms with E-state index >= 15 is 0 Å². The fraction of sp³-hybridized carbons (Fsp3) is 0.136. The van der Waals surface area contributed by atoms with Crippen molar-refractivity contribution in [3.63, 3.8) is 0 Å². The van der Waals surface area contributed by atoms with Gasteiger partial charge in [-0.1, -0.05) is 41.4 Å². The Balaban J connectivity index is 1.54. The first kappa shape index (κ1) is 22.1. The number of anilines is 1. The first-order valence-corrected chi connectivity index (χ1v) is 11.1. The highest BCUT2D eigenvalue weighted by molar-refractivity contribution is 7.13. The minimum absolute atomic E-state index is 0.281. The third-order valence-electron chi connectivity index (χ3n) is 4.68. The van der Waals surface area contributed by atoms with Crippen LogP contribution in [0, 0.1) is 0 Å². The van der Waals surface area contributed by atoms with Gasteiger partial charge in [0, 0.05) is 11.4 Å². The number of nitrogens with zero attached hydrogens (tertiary/aromatic N) is 3. The Kier molecular flexibility index (Phi) is 6.64. The van der Waals surface area contributed by atoms with Crippen LogP contribution in [0.4, 0.5) is 5.82 Å². The monoisotopic (exact) mass is 488 g/mol. The molecule has 2 heterocycles. The van der Waals surface area contributed by atoms with Crippen LogP contribution in [0.15, 0.2) is 54.0 Å². The average molecular weight is 489 g/mol. The van der Waals surface area contributed by atoms with E-state index in [9.17, 15) is 4.79 Å². The summed E-state index contributed by atoms with van der Waals surface area (Å²) in [6, 6.07) is 12.6. The predicted octanol–water partition coefficient (Wildman–Crippen LogP) is 5.63. The second-order valence-corrected chi connectivity index (χ2v) is 8.26. The molecule has 164 valence electrons. The van der Waals surface area contributed by atoms with Crippen molar-refractivity contribution in [1.29, 1.82) is 0 Å². The van der Waals surface area contributed by atoms with Crippen LogP contribution in [0.2, 0.25) is 10.0 Å². The molecule has 1 amide bonds. The highest BCUT2D eigenvalue weighted by atomic mass is 35.5. The third-order valence-corrected chi connectivity index (χ3v) is 6.41. The molecule has 0 saturated carbocycles. The molecule has 0 aliphatic rings. The van der Waals surface area contributed by atoms with E-state index in [-0.39, 0.29) is 11.6 Å². The van der Waals surface area contributed by atoms with Crippen molar-refractivity contribution in [3.8, 4) is 22.1 Å². The number of thiazole rings is 1. The molecular weight excluding hydrogens is 471 g/mol. The Labute approximate surface area is 198 Å². The van der Waals surface area contributed by atoms with Crippen LogP contribution >= 0.6 is 34.5 Å². The Bertz CT molecular complexity index is 1270. The van der Waals surface area contributed by atoms with E-state index in [0.717, 1.165) is 11.1 Å². The number of benzene rings is 2. The number of para-hydroxylation sites is 1. The Hall–Kier alpha value is -3.07. The molecule has 0 aliphatic heterocycles. The first-order chi connectivity index (χ1) is 15.5. The number of hydrogen-bond donors (Lipinski definition) is 1. The predicted molar refractivity (Wildman–Crippen MR) is 126 cm³/mol. The summed E-state index contributed by atoms with van der Waals surface area (Å²) in [5.74, 6) is 1.32. The number of aromatic nitrogens is 3. The number of amides is 1. The number of methoxy groups -OCH3 is 2. The van der Waals surface area contributed by atoms with Crippen molar-refractivity contribution < 1.29 is 14.3 Å².